The number of aromatic nitrogens is 1. The Bertz CT molecular complexity index is 1150. The van der Waals surface area contributed by atoms with Crippen molar-refractivity contribution in [1.29, 1.82) is 0 Å². The molecule has 146 valence electrons. The van der Waals surface area contributed by atoms with E-state index in [4.69, 9.17) is 14.7 Å². The van der Waals surface area contributed by atoms with Crippen LogP contribution in [0.5, 0.6) is 0 Å². The van der Waals surface area contributed by atoms with Gasteiger partial charge in [0.15, 0.2) is 11.4 Å². The van der Waals surface area contributed by atoms with Crippen LogP contribution < -0.4 is 5.73 Å². The van der Waals surface area contributed by atoms with Crippen molar-refractivity contribution in [2.75, 3.05) is 5.75 Å². The lowest BCUT2D eigenvalue weighted by Crippen LogP contribution is -2.29. The molecule has 8 nitrogen and oxygen atoms in total. The molecule has 0 aliphatic heterocycles. The largest absolute Gasteiger partial charge is 0.436 e. The number of amides is 1. The molecule has 0 radical (unpaired) electrons. The fourth-order valence-corrected chi connectivity index (χ4v) is 3.18. The van der Waals surface area contributed by atoms with E-state index in [-0.39, 0.29) is 11.5 Å². The van der Waals surface area contributed by atoms with Gasteiger partial charge in [-0.25, -0.2) is 9.37 Å². The highest BCUT2D eigenvalue weighted by Crippen LogP contribution is 2.28. The van der Waals surface area contributed by atoms with Crippen LogP contribution in [0.1, 0.15) is 17.9 Å². The average Bonchev–Trinajstić information content (AvgIpc) is 3.03. The van der Waals surface area contributed by atoms with Crippen LogP contribution in [-0.4, -0.2) is 35.4 Å². The van der Waals surface area contributed by atoms with Gasteiger partial charge >= 0.3 is 0 Å². The molecule has 0 saturated heterocycles. The fraction of sp³-hybridized carbons (Fsp3) is 0.167. The molecule has 0 saturated carbocycles. The summed E-state index contributed by atoms with van der Waals surface area (Å²) < 4.78 is 49.1. The van der Waals surface area contributed by atoms with Gasteiger partial charge in [-0.2, -0.15) is 8.42 Å². The van der Waals surface area contributed by atoms with Gasteiger partial charge in [0.2, 0.25) is 11.8 Å². The van der Waals surface area contributed by atoms with Gasteiger partial charge in [0, 0.05) is 12.0 Å². The van der Waals surface area contributed by atoms with Gasteiger partial charge in [0.05, 0.1) is 5.75 Å². The molecule has 3 rings (SSSR count). The Kier molecular flexibility index (Phi) is 5.25. The number of ketones is 1. The predicted octanol–water partition coefficient (Wildman–Crippen LogP) is 2.05. The van der Waals surface area contributed by atoms with Crippen molar-refractivity contribution in [1.82, 2.24) is 4.98 Å². The Morgan fingerprint density at radius 2 is 1.86 bits per heavy atom. The van der Waals surface area contributed by atoms with Crippen molar-refractivity contribution < 1.29 is 31.4 Å². The summed E-state index contributed by atoms with van der Waals surface area (Å²) in [4.78, 5) is 28.3. The molecule has 3 aromatic rings. The number of benzene rings is 2. The third kappa shape index (κ3) is 4.41. The summed E-state index contributed by atoms with van der Waals surface area (Å²) in [6.45, 7) is 0. The van der Waals surface area contributed by atoms with Gasteiger partial charge in [-0.15, -0.1) is 0 Å². The number of primary amides is 1. The fourth-order valence-electron chi connectivity index (χ4n) is 2.72. The van der Waals surface area contributed by atoms with E-state index in [0.29, 0.717) is 16.7 Å². The molecular weight excluding hydrogens is 391 g/mol. The van der Waals surface area contributed by atoms with Gasteiger partial charge < -0.3 is 10.2 Å². The predicted molar refractivity (Wildman–Crippen MR) is 97.4 cm³/mol. The smallest absolute Gasteiger partial charge is 0.265 e. The van der Waals surface area contributed by atoms with E-state index in [9.17, 15) is 22.4 Å². The lowest BCUT2D eigenvalue weighted by molar-refractivity contribution is -0.128. The summed E-state index contributed by atoms with van der Waals surface area (Å²) in [5.74, 6) is -4.09. The van der Waals surface area contributed by atoms with Crippen LogP contribution in [0.2, 0.25) is 0 Å². The minimum absolute atomic E-state index is 0.222. The second-order valence-electron chi connectivity index (χ2n) is 6.09. The van der Waals surface area contributed by atoms with Crippen LogP contribution >= 0.6 is 0 Å². The summed E-state index contributed by atoms with van der Waals surface area (Å²) in [5.41, 5.74) is 6.78. The van der Waals surface area contributed by atoms with Gasteiger partial charge in [-0.1, -0.05) is 6.07 Å². The zero-order valence-electron chi connectivity index (χ0n) is 14.3. The number of Topliss-reactive ketones (excluding diaryl/α,β-unsaturated/α-hetero) is 1. The van der Waals surface area contributed by atoms with Crippen molar-refractivity contribution >= 4 is 32.9 Å². The summed E-state index contributed by atoms with van der Waals surface area (Å²) in [6.07, 6.45) is -0.565. The van der Waals surface area contributed by atoms with E-state index in [1.54, 1.807) is 0 Å². The van der Waals surface area contributed by atoms with E-state index in [2.05, 4.69) is 4.98 Å². The average molecular weight is 406 g/mol. The van der Waals surface area contributed by atoms with Gasteiger partial charge in [0.1, 0.15) is 17.3 Å². The molecule has 0 aliphatic carbocycles. The molecule has 0 spiro atoms. The number of oxazole rings is 1. The van der Waals surface area contributed by atoms with Crippen molar-refractivity contribution in [3.63, 3.8) is 0 Å². The molecule has 0 bridgehead atoms. The Morgan fingerprint density at radius 3 is 2.46 bits per heavy atom. The molecule has 1 heterocycles. The van der Waals surface area contributed by atoms with Crippen molar-refractivity contribution in [2.45, 2.75) is 12.3 Å². The van der Waals surface area contributed by atoms with Crippen molar-refractivity contribution in [3.05, 3.63) is 53.8 Å². The molecule has 1 aromatic heterocycles. The number of hydrogen-bond acceptors (Lipinski definition) is 6. The highest BCUT2D eigenvalue weighted by molar-refractivity contribution is 7.85. The minimum Gasteiger partial charge on any atom is -0.436 e. The maximum absolute atomic E-state index is 13.1. The number of fused-ring (bicyclic) bond motifs is 1. The van der Waals surface area contributed by atoms with Crippen molar-refractivity contribution in [2.24, 2.45) is 5.73 Å². The summed E-state index contributed by atoms with van der Waals surface area (Å²) in [6, 6.07) is 9.88. The first-order chi connectivity index (χ1) is 13.1. The Hall–Kier alpha value is -3.11. The molecule has 3 N–H and O–H groups in total. The second kappa shape index (κ2) is 7.49. The summed E-state index contributed by atoms with van der Waals surface area (Å²) >= 11 is 0. The molecule has 2 aromatic carbocycles. The maximum Gasteiger partial charge on any atom is 0.265 e. The molecule has 1 unspecified atom stereocenters. The van der Waals surface area contributed by atoms with E-state index in [1.165, 1.54) is 42.5 Å². The minimum atomic E-state index is -4.35. The Balaban J connectivity index is 1.93. The molecule has 28 heavy (non-hydrogen) atoms. The highest BCUT2D eigenvalue weighted by Gasteiger charge is 2.28. The molecule has 0 aliphatic rings. The number of rotatable bonds is 7. The Labute approximate surface area is 158 Å². The van der Waals surface area contributed by atoms with Gasteiger partial charge in [-0.3, -0.25) is 14.1 Å². The summed E-state index contributed by atoms with van der Waals surface area (Å²) in [5, 5.41) is 0. The lowest BCUT2D eigenvalue weighted by atomic mass is 9.92. The number of carbonyl (C=O) groups is 2. The summed E-state index contributed by atoms with van der Waals surface area (Å²) in [7, 11) is -4.35. The zero-order chi connectivity index (χ0) is 20.5. The number of nitrogens with zero attached hydrogens (tertiary/aromatic N) is 1. The number of nitrogens with two attached hydrogens (primary N) is 1. The van der Waals surface area contributed by atoms with Crippen LogP contribution in [-0.2, 0) is 19.7 Å². The molecule has 0 fully saturated rings. The van der Waals surface area contributed by atoms with Crippen LogP contribution in [0.4, 0.5) is 4.39 Å². The molecule has 1 amide bonds. The SMILES string of the molecule is NC(=O)C(C(=O)CCS(=O)(=O)O)c1ccc2oc(-c3ccc(F)cc3)nc2c1. The first-order valence-electron chi connectivity index (χ1n) is 8.07. The van der Waals surface area contributed by atoms with Crippen LogP contribution in [0, 0.1) is 5.82 Å². The molecule has 10 heteroatoms. The van der Waals surface area contributed by atoms with E-state index in [0.717, 1.165) is 0 Å². The molecule has 1 atom stereocenters. The van der Waals surface area contributed by atoms with Crippen LogP contribution in [0.25, 0.3) is 22.6 Å². The Morgan fingerprint density at radius 1 is 1.18 bits per heavy atom. The highest BCUT2D eigenvalue weighted by atomic mass is 32.2. The zero-order valence-corrected chi connectivity index (χ0v) is 15.1. The second-order valence-corrected chi connectivity index (χ2v) is 7.66. The number of carbonyl (C=O) groups excluding carboxylic acids is 2. The first kappa shape index (κ1) is 19.6. The standard InChI is InChI=1S/C18H15FN2O6S/c19-12-4-1-10(2-5-12)18-21-13-9-11(3-6-15(13)27-18)16(17(20)23)14(22)7-8-28(24,25)26/h1-6,9,16H,7-8H2,(H2,20,23)(H,24,25,26). The van der Waals surface area contributed by atoms with Crippen molar-refractivity contribution in [3.8, 4) is 11.5 Å². The maximum atomic E-state index is 13.1. The number of halogens is 1. The topological polar surface area (TPSA) is 141 Å². The third-order valence-electron chi connectivity index (χ3n) is 4.05. The normalized spacial score (nSPS) is 12.8. The van der Waals surface area contributed by atoms with E-state index < -0.39 is 45.7 Å². The molecular formula is C18H15FN2O6S. The van der Waals surface area contributed by atoms with Crippen LogP contribution in [0.15, 0.2) is 46.9 Å². The van der Waals surface area contributed by atoms with Crippen LogP contribution in [0.3, 0.4) is 0 Å². The van der Waals surface area contributed by atoms with Gasteiger partial charge in [-0.05, 0) is 42.0 Å². The monoisotopic (exact) mass is 406 g/mol. The lowest BCUT2D eigenvalue weighted by Gasteiger charge is -2.12. The van der Waals surface area contributed by atoms with E-state index in [1.807, 2.05) is 0 Å². The number of hydrogen-bond donors (Lipinski definition) is 2. The first-order valence-corrected chi connectivity index (χ1v) is 9.68. The van der Waals surface area contributed by atoms with Gasteiger partial charge in [0.25, 0.3) is 10.1 Å². The van der Waals surface area contributed by atoms with E-state index >= 15 is 0 Å². The third-order valence-corrected chi connectivity index (χ3v) is 4.77. The quantitative estimate of drug-likeness (QED) is 0.452.